The van der Waals surface area contributed by atoms with Crippen LogP contribution in [0.1, 0.15) is 23.4 Å². The quantitative estimate of drug-likeness (QED) is 0.890. The Hall–Kier alpha value is -1.17. The summed E-state index contributed by atoms with van der Waals surface area (Å²) in [7, 11) is 2.05. The summed E-state index contributed by atoms with van der Waals surface area (Å²) >= 11 is 1.87. The minimum atomic E-state index is 0.770. The topological polar surface area (TPSA) is 33.1 Å². The average molecular weight is 304 g/mol. The number of nitrogens with one attached hydrogen (secondary N) is 1. The molecule has 3 heterocycles. The average Bonchev–Trinajstić information content (AvgIpc) is 3.12. The van der Waals surface area contributed by atoms with E-state index in [0.29, 0.717) is 0 Å². The van der Waals surface area contributed by atoms with E-state index in [4.69, 9.17) is 0 Å². The Morgan fingerprint density at radius 1 is 1.48 bits per heavy atom. The molecule has 3 rings (SSSR count). The van der Waals surface area contributed by atoms with Crippen molar-refractivity contribution in [2.24, 2.45) is 13.0 Å². The zero-order valence-electron chi connectivity index (χ0n) is 12.7. The Bertz CT molecular complexity index is 534. The predicted molar refractivity (Wildman–Crippen MR) is 87.2 cm³/mol. The maximum absolute atomic E-state index is 4.16. The number of hydrogen-bond donors (Lipinski definition) is 1. The SMILES string of the molecule is Cn1cncc1CNC[C@H]1CCCN(Cc2cccs2)C1. The smallest absolute Gasteiger partial charge is 0.0945 e. The maximum atomic E-state index is 4.16. The van der Waals surface area contributed by atoms with Crippen molar-refractivity contribution in [3.63, 3.8) is 0 Å². The first-order valence-corrected chi connectivity index (χ1v) is 8.60. The fourth-order valence-electron chi connectivity index (χ4n) is 3.04. The Labute approximate surface area is 130 Å². The van der Waals surface area contributed by atoms with Gasteiger partial charge in [-0.1, -0.05) is 6.07 Å². The standard InChI is InChI=1S/C16H24N4S/c1-19-13-18-10-15(19)9-17-8-14-4-2-6-20(11-14)12-16-5-3-7-21-16/h3,5,7,10,13-14,17H,2,4,6,8-9,11-12H2,1H3/t14-/m1/s1. The molecule has 1 aliphatic heterocycles. The molecule has 0 radical (unpaired) electrons. The van der Waals surface area contributed by atoms with Crippen LogP contribution in [0.3, 0.4) is 0 Å². The number of piperidine rings is 1. The van der Waals surface area contributed by atoms with E-state index in [1.54, 1.807) is 0 Å². The fourth-order valence-corrected chi connectivity index (χ4v) is 3.79. The fraction of sp³-hybridized carbons (Fsp3) is 0.562. The summed E-state index contributed by atoms with van der Waals surface area (Å²) in [6, 6.07) is 4.39. The molecular formula is C16H24N4S. The molecule has 114 valence electrons. The highest BCUT2D eigenvalue weighted by molar-refractivity contribution is 7.09. The van der Waals surface area contributed by atoms with Gasteiger partial charge in [0.25, 0.3) is 0 Å². The van der Waals surface area contributed by atoms with Gasteiger partial charge in [0.1, 0.15) is 0 Å². The van der Waals surface area contributed by atoms with Crippen LogP contribution in [-0.2, 0) is 20.1 Å². The minimum Gasteiger partial charge on any atom is -0.337 e. The molecular weight excluding hydrogens is 280 g/mol. The number of hydrogen-bond acceptors (Lipinski definition) is 4. The van der Waals surface area contributed by atoms with Crippen LogP contribution < -0.4 is 5.32 Å². The van der Waals surface area contributed by atoms with Crippen LogP contribution in [0, 0.1) is 5.92 Å². The number of nitrogens with zero attached hydrogens (tertiary/aromatic N) is 3. The van der Waals surface area contributed by atoms with Crippen LogP contribution >= 0.6 is 11.3 Å². The summed E-state index contributed by atoms with van der Waals surface area (Å²) in [5.41, 5.74) is 1.25. The van der Waals surface area contributed by atoms with Gasteiger partial charge in [0, 0.05) is 37.8 Å². The van der Waals surface area contributed by atoms with Gasteiger partial charge < -0.3 is 9.88 Å². The molecule has 0 bridgehead atoms. The number of thiophene rings is 1. The van der Waals surface area contributed by atoms with Crippen molar-refractivity contribution in [1.82, 2.24) is 19.8 Å². The zero-order valence-corrected chi connectivity index (χ0v) is 13.5. The second kappa shape index (κ2) is 7.20. The molecule has 5 heteroatoms. The molecule has 0 amide bonds. The molecule has 1 atom stereocenters. The first-order chi connectivity index (χ1) is 10.3. The molecule has 0 aromatic carbocycles. The van der Waals surface area contributed by atoms with Crippen molar-refractivity contribution in [3.8, 4) is 0 Å². The van der Waals surface area contributed by atoms with E-state index < -0.39 is 0 Å². The summed E-state index contributed by atoms with van der Waals surface area (Å²) in [6.07, 6.45) is 6.47. The molecule has 4 nitrogen and oxygen atoms in total. The Kier molecular flexibility index (Phi) is 5.06. The summed E-state index contributed by atoms with van der Waals surface area (Å²) in [6.45, 7) is 5.60. The van der Waals surface area contributed by atoms with E-state index in [1.807, 2.05) is 30.9 Å². The predicted octanol–water partition coefficient (Wildman–Crippen LogP) is 2.48. The van der Waals surface area contributed by atoms with Gasteiger partial charge >= 0.3 is 0 Å². The maximum Gasteiger partial charge on any atom is 0.0945 e. The number of aryl methyl sites for hydroxylation is 1. The molecule has 0 saturated carbocycles. The van der Waals surface area contributed by atoms with Crippen molar-refractivity contribution >= 4 is 11.3 Å². The van der Waals surface area contributed by atoms with Crippen LogP contribution in [0.25, 0.3) is 0 Å². The molecule has 0 unspecified atom stereocenters. The molecule has 1 aliphatic rings. The highest BCUT2D eigenvalue weighted by Crippen LogP contribution is 2.20. The van der Waals surface area contributed by atoms with Gasteiger partial charge in [0.05, 0.1) is 12.0 Å². The van der Waals surface area contributed by atoms with Crippen molar-refractivity contribution in [1.29, 1.82) is 0 Å². The van der Waals surface area contributed by atoms with Crippen molar-refractivity contribution in [2.45, 2.75) is 25.9 Å². The highest BCUT2D eigenvalue weighted by Gasteiger charge is 2.19. The second-order valence-electron chi connectivity index (χ2n) is 5.95. The summed E-state index contributed by atoms with van der Waals surface area (Å²) in [5, 5.41) is 5.77. The number of likely N-dealkylation sites (tertiary alicyclic amines) is 1. The summed E-state index contributed by atoms with van der Waals surface area (Å²) < 4.78 is 2.08. The lowest BCUT2D eigenvalue weighted by molar-refractivity contribution is 0.166. The van der Waals surface area contributed by atoms with Crippen molar-refractivity contribution in [3.05, 3.63) is 40.6 Å². The second-order valence-corrected chi connectivity index (χ2v) is 6.98. The third kappa shape index (κ3) is 4.15. The molecule has 1 saturated heterocycles. The summed E-state index contributed by atoms with van der Waals surface area (Å²) in [4.78, 5) is 8.24. The first kappa shape index (κ1) is 14.8. The molecule has 1 fully saturated rings. The monoisotopic (exact) mass is 304 g/mol. The highest BCUT2D eigenvalue weighted by atomic mass is 32.1. The third-order valence-electron chi connectivity index (χ3n) is 4.22. The van der Waals surface area contributed by atoms with Crippen LogP contribution in [0.15, 0.2) is 30.0 Å². The van der Waals surface area contributed by atoms with Gasteiger partial charge in [-0.05, 0) is 43.3 Å². The molecule has 0 aliphatic carbocycles. The van der Waals surface area contributed by atoms with Gasteiger partial charge in [-0.3, -0.25) is 4.90 Å². The Morgan fingerprint density at radius 3 is 3.19 bits per heavy atom. The van der Waals surface area contributed by atoms with E-state index >= 15 is 0 Å². The van der Waals surface area contributed by atoms with Gasteiger partial charge in [0.2, 0.25) is 0 Å². The molecule has 21 heavy (non-hydrogen) atoms. The zero-order chi connectivity index (χ0) is 14.5. The lowest BCUT2D eigenvalue weighted by Crippen LogP contribution is -2.39. The molecule has 2 aromatic heterocycles. The molecule has 2 aromatic rings. The van der Waals surface area contributed by atoms with Crippen molar-refractivity contribution < 1.29 is 0 Å². The molecule has 0 spiro atoms. The molecule has 1 N–H and O–H groups in total. The number of imidazole rings is 1. The minimum absolute atomic E-state index is 0.770. The lowest BCUT2D eigenvalue weighted by atomic mass is 9.98. The Morgan fingerprint density at radius 2 is 2.43 bits per heavy atom. The van der Waals surface area contributed by atoms with Crippen LogP contribution in [0.4, 0.5) is 0 Å². The van der Waals surface area contributed by atoms with Crippen LogP contribution in [0.5, 0.6) is 0 Å². The van der Waals surface area contributed by atoms with E-state index in [1.165, 1.54) is 36.5 Å². The van der Waals surface area contributed by atoms with Gasteiger partial charge in [-0.15, -0.1) is 11.3 Å². The first-order valence-electron chi connectivity index (χ1n) is 7.72. The van der Waals surface area contributed by atoms with E-state index in [9.17, 15) is 0 Å². The number of aromatic nitrogens is 2. The van der Waals surface area contributed by atoms with Gasteiger partial charge in [-0.25, -0.2) is 4.98 Å². The van der Waals surface area contributed by atoms with E-state index in [-0.39, 0.29) is 0 Å². The Balaban J connectivity index is 1.42. The largest absolute Gasteiger partial charge is 0.337 e. The third-order valence-corrected chi connectivity index (χ3v) is 5.08. The van der Waals surface area contributed by atoms with Crippen molar-refractivity contribution in [2.75, 3.05) is 19.6 Å². The van der Waals surface area contributed by atoms with Gasteiger partial charge in [-0.2, -0.15) is 0 Å². The summed E-state index contributed by atoms with van der Waals surface area (Å²) in [5.74, 6) is 0.770. The van der Waals surface area contributed by atoms with Gasteiger partial charge in [0.15, 0.2) is 0 Å². The normalized spacial score (nSPS) is 20.0. The van der Waals surface area contributed by atoms with E-state index in [0.717, 1.165) is 25.6 Å². The van der Waals surface area contributed by atoms with Crippen LogP contribution in [-0.4, -0.2) is 34.1 Å². The van der Waals surface area contributed by atoms with Crippen LogP contribution in [0.2, 0.25) is 0 Å². The van der Waals surface area contributed by atoms with E-state index in [2.05, 4.69) is 37.3 Å². The number of rotatable bonds is 6. The lowest BCUT2D eigenvalue weighted by Gasteiger charge is -2.32.